The van der Waals surface area contributed by atoms with Crippen LogP contribution in [0, 0.1) is 0 Å². The average molecular weight is 203 g/mol. The van der Waals surface area contributed by atoms with E-state index in [-0.39, 0.29) is 6.61 Å². The zero-order valence-corrected chi connectivity index (χ0v) is 8.55. The topological polar surface area (TPSA) is 79.5 Å². The summed E-state index contributed by atoms with van der Waals surface area (Å²) in [7, 11) is 0. The number of unbranched alkanes of at least 4 members (excludes halogenated alkanes) is 1. The number of amides is 3. The maximum atomic E-state index is 10.9. The minimum atomic E-state index is -0.668. The average Bonchev–Trinajstić information content (AvgIpc) is 2.16. The van der Waals surface area contributed by atoms with Crippen molar-refractivity contribution >= 4 is 12.1 Å². The van der Waals surface area contributed by atoms with Crippen LogP contribution < -0.4 is 16.2 Å². The normalized spacial score (nSPS) is 9.00. The van der Waals surface area contributed by atoms with E-state index in [4.69, 9.17) is 0 Å². The van der Waals surface area contributed by atoms with Gasteiger partial charge in [-0.2, -0.15) is 0 Å². The first-order valence-electron chi connectivity index (χ1n) is 4.67. The molecule has 82 valence electrons. The van der Waals surface area contributed by atoms with Gasteiger partial charge in [0.2, 0.25) is 0 Å². The van der Waals surface area contributed by atoms with Crippen molar-refractivity contribution in [3.63, 3.8) is 0 Å². The SMILES string of the molecule is CCCCNC(=O)NNC(=O)OCC. The lowest BCUT2D eigenvalue weighted by atomic mass is 10.3. The Labute approximate surface area is 83.4 Å². The lowest BCUT2D eigenvalue weighted by molar-refractivity contribution is 0.147. The van der Waals surface area contributed by atoms with Gasteiger partial charge in [-0.25, -0.2) is 20.4 Å². The summed E-state index contributed by atoms with van der Waals surface area (Å²) in [6, 6.07) is -0.438. The number of rotatable bonds is 4. The third kappa shape index (κ3) is 7.20. The summed E-state index contributed by atoms with van der Waals surface area (Å²) in [5.74, 6) is 0. The Morgan fingerprint density at radius 1 is 1.21 bits per heavy atom. The van der Waals surface area contributed by atoms with E-state index >= 15 is 0 Å². The van der Waals surface area contributed by atoms with Crippen LogP contribution in [0.4, 0.5) is 9.59 Å². The fourth-order valence-electron chi connectivity index (χ4n) is 0.698. The highest BCUT2D eigenvalue weighted by Gasteiger charge is 2.02. The molecule has 0 radical (unpaired) electrons. The van der Waals surface area contributed by atoms with Crippen molar-refractivity contribution < 1.29 is 14.3 Å². The van der Waals surface area contributed by atoms with Gasteiger partial charge in [0.05, 0.1) is 6.61 Å². The van der Waals surface area contributed by atoms with Gasteiger partial charge in [-0.15, -0.1) is 0 Å². The first-order chi connectivity index (χ1) is 6.70. The molecule has 0 aromatic rings. The van der Waals surface area contributed by atoms with E-state index in [1.54, 1.807) is 6.92 Å². The van der Waals surface area contributed by atoms with E-state index in [9.17, 15) is 9.59 Å². The zero-order valence-electron chi connectivity index (χ0n) is 8.55. The van der Waals surface area contributed by atoms with Gasteiger partial charge in [0, 0.05) is 6.54 Å². The number of hydrazine groups is 1. The number of urea groups is 1. The summed E-state index contributed by atoms with van der Waals surface area (Å²) in [5.41, 5.74) is 4.24. The number of carbonyl (C=O) groups is 2. The predicted octanol–water partition coefficient (Wildman–Crippen LogP) is 0.747. The van der Waals surface area contributed by atoms with Crippen molar-refractivity contribution in [1.29, 1.82) is 0 Å². The molecule has 0 unspecified atom stereocenters. The molecule has 3 amide bonds. The lowest BCUT2D eigenvalue weighted by Crippen LogP contribution is -2.47. The molecule has 0 rings (SSSR count). The fraction of sp³-hybridized carbons (Fsp3) is 0.750. The van der Waals surface area contributed by atoms with Gasteiger partial charge in [-0.1, -0.05) is 13.3 Å². The zero-order chi connectivity index (χ0) is 10.8. The van der Waals surface area contributed by atoms with Crippen LogP contribution in [0.25, 0.3) is 0 Å². The van der Waals surface area contributed by atoms with Crippen LogP contribution in [0.15, 0.2) is 0 Å². The van der Waals surface area contributed by atoms with Crippen LogP contribution in [0.5, 0.6) is 0 Å². The Bertz CT molecular complexity index is 185. The summed E-state index contributed by atoms with van der Waals surface area (Å²) >= 11 is 0. The van der Waals surface area contributed by atoms with Crippen molar-refractivity contribution in [2.75, 3.05) is 13.2 Å². The maximum absolute atomic E-state index is 10.9. The summed E-state index contributed by atoms with van der Waals surface area (Å²) in [5, 5.41) is 2.56. The Morgan fingerprint density at radius 3 is 2.50 bits per heavy atom. The first kappa shape index (κ1) is 12.5. The van der Waals surface area contributed by atoms with Crippen molar-refractivity contribution in [3.05, 3.63) is 0 Å². The molecule has 6 heteroatoms. The number of nitrogens with one attached hydrogen (secondary N) is 3. The highest BCUT2D eigenvalue weighted by molar-refractivity contribution is 5.77. The molecule has 0 aliphatic rings. The van der Waals surface area contributed by atoms with Gasteiger partial charge >= 0.3 is 12.1 Å². The molecule has 0 atom stereocenters. The molecule has 0 saturated carbocycles. The Kier molecular flexibility index (Phi) is 7.30. The van der Waals surface area contributed by atoms with Crippen LogP contribution in [0.3, 0.4) is 0 Å². The van der Waals surface area contributed by atoms with Crippen LogP contribution in [0.1, 0.15) is 26.7 Å². The highest BCUT2D eigenvalue weighted by atomic mass is 16.6. The summed E-state index contributed by atoms with van der Waals surface area (Å²) < 4.78 is 4.53. The van der Waals surface area contributed by atoms with Crippen molar-refractivity contribution in [1.82, 2.24) is 16.2 Å². The standard InChI is InChI=1S/C8H17N3O3/c1-3-5-6-9-7(12)10-11-8(13)14-4-2/h3-6H2,1-2H3,(H,11,13)(H2,9,10,12). The number of carbonyl (C=O) groups excluding carboxylic acids is 2. The van der Waals surface area contributed by atoms with E-state index in [1.807, 2.05) is 6.92 Å². The summed E-state index contributed by atoms with van der Waals surface area (Å²) in [6.45, 7) is 4.56. The molecule has 14 heavy (non-hydrogen) atoms. The molecule has 0 aromatic carbocycles. The van der Waals surface area contributed by atoms with E-state index in [1.165, 1.54) is 0 Å². The van der Waals surface area contributed by atoms with Crippen LogP contribution in [0.2, 0.25) is 0 Å². The molecule has 0 aliphatic heterocycles. The smallest absolute Gasteiger partial charge is 0.426 e. The van der Waals surface area contributed by atoms with E-state index in [2.05, 4.69) is 20.9 Å². The van der Waals surface area contributed by atoms with Gasteiger partial charge < -0.3 is 10.1 Å². The van der Waals surface area contributed by atoms with Crippen LogP contribution >= 0.6 is 0 Å². The molecule has 0 aromatic heterocycles. The van der Waals surface area contributed by atoms with Gasteiger partial charge in [0.25, 0.3) is 0 Å². The highest BCUT2D eigenvalue weighted by Crippen LogP contribution is 1.81. The Morgan fingerprint density at radius 2 is 1.93 bits per heavy atom. The number of hydrogen-bond acceptors (Lipinski definition) is 3. The third-order valence-electron chi connectivity index (χ3n) is 1.37. The first-order valence-corrected chi connectivity index (χ1v) is 4.67. The molecular formula is C8H17N3O3. The van der Waals surface area contributed by atoms with Gasteiger partial charge in [0.15, 0.2) is 0 Å². The third-order valence-corrected chi connectivity index (χ3v) is 1.37. The predicted molar refractivity (Wildman–Crippen MR) is 51.6 cm³/mol. The van der Waals surface area contributed by atoms with Crippen molar-refractivity contribution in [2.24, 2.45) is 0 Å². The Hall–Kier alpha value is -1.46. The molecule has 0 fully saturated rings. The molecule has 0 aliphatic carbocycles. The monoisotopic (exact) mass is 203 g/mol. The molecule has 6 nitrogen and oxygen atoms in total. The van der Waals surface area contributed by atoms with Gasteiger partial charge in [-0.05, 0) is 13.3 Å². The maximum Gasteiger partial charge on any atom is 0.426 e. The molecule has 0 saturated heterocycles. The second kappa shape index (κ2) is 8.15. The second-order valence-corrected chi connectivity index (χ2v) is 2.58. The minimum Gasteiger partial charge on any atom is -0.449 e. The fourth-order valence-corrected chi connectivity index (χ4v) is 0.698. The van der Waals surface area contributed by atoms with Crippen LogP contribution in [-0.2, 0) is 4.74 Å². The summed E-state index contributed by atoms with van der Waals surface area (Å²) in [4.78, 5) is 21.6. The van der Waals surface area contributed by atoms with E-state index in [0.29, 0.717) is 6.54 Å². The molecule has 0 spiro atoms. The second-order valence-electron chi connectivity index (χ2n) is 2.58. The van der Waals surface area contributed by atoms with E-state index in [0.717, 1.165) is 12.8 Å². The number of ether oxygens (including phenoxy) is 1. The van der Waals surface area contributed by atoms with Gasteiger partial charge in [0.1, 0.15) is 0 Å². The largest absolute Gasteiger partial charge is 0.449 e. The van der Waals surface area contributed by atoms with Crippen LogP contribution in [-0.4, -0.2) is 25.3 Å². The molecular weight excluding hydrogens is 186 g/mol. The number of hydrogen-bond donors (Lipinski definition) is 3. The quantitative estimate of drug-likeness (QED) is 0.466. The lowest BCUT2D eigenvalue weighted by Gasteiger charge is -2.07. The molecule has 3 N–H and O–H groups in total. The molecule has 0 bridgehead atoms. The van der Waals surface area contributed by atoms with Gasteiger partial charge in [-0.3, -0.25) is 0 Å². The summed E-state index contributed by atoms with van der Waals surface area (Å²) in [6.07, 6.45) is 1.25. The van der Waals surface area contributed by atoms with Crippen molar-refractivity contribution in [2.45, 2.75) is 26.7 Å². The minimum absolute atomic E-state index is 0.269. The Balaban J connectivity index is 3.39. The van der Waals surface area contributed by atoms with E-state index < -0.39 is 12.1 Å². The van der Waals surface area contributed by atoms with Crippen molar-refractivity contribution in [3.8, 4) is 0 Å². The molecule has 0 heterocycles.